The fraction of sp³-hybridized carbons (Fsp3) is 0.241. The van der Waals surface area contributed by atoms with Gasteiger partial charge in [-0.15, -0.1) is 0 Å². The summed E-state index contributed by atoms with van der Waals surface area (Å²) >= 11 is 0. The lowest BCUT2D eigenvalue weighted by Crippen LogP contribution is -2.28. The lowest BCUT2D eigenvalue weighted by atomic mass is 10.2. The average Bonchev–Trinajstić information content (AvgIpc) is 3.24. The molecule has 2 N–H and O–H groups in total. The number of aromatic nitrogens is 4. The van der Waals surface area contributed by atoms with Crippen molar-refractivity contribution < 1.29 is 9.53 Å². The Labute approximate surface area is 233 Å². The van der Waals surface area contributed by atoms with E-state index in [0.717, 1.165) is 17.6 Å². The number of imidazole rings is 1. The number of ether oxygens (including phenoxy) is 1. The molecular formula is C29H34N8O3. The van der Waals surface area contributed by atoms with Crippen LogP contribution in [0.1, 0.15) is 6.92 Å². The van der Waals surface area contributed by atoms with Crippen molar-refractivity contribution in [3.8, 4) is 11.6 Å². The molecule has 4 aromatic rings. The third kappa shape index (κ3) is 5.74. The quantitative estimate of drug-likeness (QED) is 0.259. The molecule has 0 atom stereocenters. The molecule has 11 nitrogen and oxygen atoms in total. The molecule has 40 heavy (non-hydrogen) atoms. The van der Waals surface area contributed by atoms with Gasteiger partial charge in [-0.25, -0.2) is 14.3 Å². The lowest BCUT2D eigenvalue weighted by molar-refractivity contribution is -0.111. The summed E-state index contributed by atoms with van der Waals surface area (Å²) in [7, 11) is 5.52. The summed E-state index contributed by atoms with van der Waals surface area (Å²) in [5, 5.41) is 6.06. The highest BCUT2D eigenvalue weighted by molar-refractivity contribution is 6.02. The molecule has 0 aliphatic carbocycles. The Morgan fingerprint density at radius 1 is 1.10 bits per heavy atom. The predicted molar refractivity (Wildman–Crippen MR) is 160 cm³/mol. The zero-order valence-corrected chi connectivity index (χ0v) is 23.2. The minimum atomic E-state index is -0.362. The fourth-order valence-electron chi connectivity index (χ4n) is 4.36. The number of para-hydroxylation sites is 2. The van der Waals surface area contributed by atoms with Gasteiger partial charge in [-0.1, -0.05) is 25.3 Å². The van der Waals surface area contributed by atoms with Crippen molar-refractivity contribution in [1.82, 2.24) is 24.0 Å². The van der Waals surface area contributed by atoms with E-state index in [-0.39, 0.29) is 17.5 Å². The van der Waals surface area contributed by atoms with Crippen LogP contribution in [0, 0.1) is 0 Å². The zero-order valence-electron chi connectivity index (χ0n) is 23.2. The van der Waals surface area contributed by atoms with Gasteiger partial charge in [0.15, 0.2) is 0 Å². The molecule has 4 rings (SSSR count). The van der Waals surface area contributed by atoms with Crippen LogP contribution in [0.25, 0.3) is 16.9 Å². The number of rotatable bonds is 12. The van der Waals surface area contributed by atoms with Gasteiger partial charge in [0.1, 0.15) is 11.6 Å². The van der Waals surface area contributed by atoms with Crippen LogP contribution in [0.3, 0.4) is 0 Å². The minimum Gasteiger partial charge on any atom is -0.494 e. The van der Waals surface area contributed by atoms with E-state index in [1.807, 2.05) is 56.3 Å². The maximum Gasteiger partial charge on any atom is 0.334 e. The number of methoxy groups -OCH3 is 1. The van der Waals surface area contributed by atoms with E-state index in [1.54, 1.807) is 40.8 Å². The van der Waals surface area contributed by atoms with E-state index >= 15 is 0 Å². The highest BCUT2D eigenvalue weighted by Gasteiger charge is 2.18. The standard InChI is InChI=1S/C29H34N8O3/c1-7-27(38)31-20-18-21(25(40-6)19-24(20)35(8-2)17-16-34(4)5)32-28-30-15-14-26(33-28)37-23-13-11-10-12-22(23)36(9-3)29(37)39/h7-8,10-15,18-19H,1-2,9,16-17H2,3-6H3,(H,31,38)(H,30,32,33). The normalized spacial score (nSPS) is 10.9. The zero-order chi connectivity index (χ0) is 28.8. The number of nitrogens with zero attached hydrogens (tertiary/aromatic N) is 6. The highest BCUT2D eigenvalue weighted by Crippen LogP contribution is 2.38. The molecule has 0 bridgehead atoms. The first-order valence-electron chi connectivity index (χ1n) is 12.8. The molecule has 0 radical (unpaired) electrons. The second-order valence-electron chi connectivity index (χ2n) is 9.16. The van der Waals surface area contributed by atoms with Gasteiger partial charge in [-0.3, -0.25) is 9.36 Å². The molecule has 2 aromatic carbocycles. The number of amides is 1. The molecule has 0 saturated carbocycles. The first-order valence-corrected chi connectivity index (χ1v) is 12.8. The Kier molecular flexibility index (Phi) is 8.65. The number of carbonyl (C=O) groups excluding carboxylic acids is 1. The minimum absolute atomic E-state index is 0.188. The van der Waals surface area contributed by atoms with E-state index in [4.69, 9.17) is 4.74 Å². The maximum atomic E-state index is 13.3. The van der Waals surface area contributed by atoms with Gasteiger partial charge in [0.2, 0.25) is 11.9 Å². The molecule has 0 saturated heterocycles. The Morgan fingerprint density at radius 2 is 1.85 bits per heavy atom. The van der Waals surface area contributed by atoms with Gasteiger partial charge in [0.05, 0.1) is 35.2 Å². The number of benzene rings is 2. The summed E-state index contributed by atoms with van der Waals surface area (Å²) in [6.07, 6.45) is 4.49. The number of carbonyl (C=O) groups is 1. The van der Waals surface area contributed by atoms with Gasteiger partial charge in [0.25, 0.3) is 0 Å². The molecule has 2 heterocycles. The summed E-state index contributed by atoms with van der Waals surface area (Å²) in [6, 6.07) is 12.8. The Bertz CT molecular complexity index is 1600. The van der Waals surface area contributed by atoms with Crippen LogP contribution < -0.4 is 26.0 Å². The second kappa shape index (κ2) is 12.3. The molecular weight excluding hydrogens is 508 g/mol. The van der Waals surface area contributed by atoms with Crippen molar-refractivity contribution in [3.05, 3.63) is 84.6 Å². The van der Waals surface area contributed by atoms with Crippen LogP contribution in [-0.4, -0.2) is 64.2 Å². The van der Waals surface area contributed by atoms with E-state index in [0.29, 0.717) is 41.7 Å². The fourth-order valence-corrected chi connectivity index (χ4v) is 4.36. The average molecular weight is 543 g/mol. The van der Waals surface area contributed by atoms with E-state index < -0.39 is 0 Å². The highest BCUT2D eigenvalue weighted by atomic mass is 16.5. The Hall–Kier alpha value is -4.90. The molecule has 208 valence electrons. The number of fused-ring (bicyclic) bond motifs is 1. The van der Waals surface area contributed by atoms with Gasteiger partial charge >= 0.3 is 5.69 Å². The number of aryl methyl sites for hydroxylation is 1. The summed E-state index contributed by atoms with van der Waals surface area (Å²) in [5.74, 6) is 0.803. The van der Waals surface area contributed by atoms with Crippen LogP contribution >= 0.6 is 0 Å². The Balaban J connectivity index is 1.77. The number of likely N-dealkylation sites (N-methyl/N-ethyl adjacent to an activating group) is 1. The smallest absolute Gasteiger partial charge is 0.334 e. The molecule has 11 heteroatoms. The first kappa shape index (κ1) is 28.1. The Morgan fingerprint density at radius 3 is 2.50 bits per heavy atom. The van der Waals surface area contributed by atoms with Crippen molar-refractivity contribution in [1.29, 1.82) is 0 Å². The number of hydrogen-bond acceptors (Lipinski definition) is 8. The van der Waals surface area contributed by atoms with Crippen molar-refractivity contribution in [3.63, 3.8) is 0 Å². The third-order valence-corrected chi connectivity index (χ3v) is 6.35. The van der Waals surface area contributed by atoms with Crippen molar-refractivity contribution >= 4 is 40.0 Å². The predicted octanol–water partition coefficient (Wildman–Crippen LogP) is 3.99. The SMILES string of the molecule is C=CC(=O)Nc1cc(Nc2nccc(-n3c(=O)n(CC)c4ccccc43)n2)c(OC)cc1N(C=C)CCN(C)C. The molecule has 0 aliphatic heterocycles. The van der Waals surface area contributed by atoms with Crippen LogP contribution in [0.2, 0.25) is 0 Å². The van der Waals surface area contributed by atoms with Crippen LogP contribution in [0.15, 0.2) is 78.9 Å². The van der Waals surface area contributed by atoms with Crippen molar-refractivity contribution in [2.24, 2.45) is 0 Å². The maximum absolute atomic E-state index is 13.3. The number of anilines is 4. The van der Waals surface area contributed by atoms with Crippen LogP contribution in [0.4, 0.5) is 23.0 Å². The van der Waals surface area contributed by atoms with Gasteiger partial charge in [0, 0.05) is 38.0 Å². The van der Waals surface area contributed by atoms with E-state index in [2.05, 4.69) is 38.7 Å². The van der Waals surface area contributed by atoms with E-state index in [1.165, 1.54) is 6.08 Å². The number of hydrogen-bond donors (Lipinski definition) is 2. The second-order valence-corrected chi connectivity index (χ2v) is 9.16. The third-order valence-electron chi connectivity index (χ3n) is 6.35. The monoisotopic (exact) mass is 542 g/mol. The number of nitrogens with one attached hydrogen (secondary N) is 2. The van der Waals surface area contributed by atoms with Crippen molar-refractivity contribution in [2.45, 2.75) is 13.5 Å². The molecule has 1 amide bonds. The molecule has 0 fully saturated rings. The molecule has 2 aromatic heterocycles. The van der Waals surface area contributed by atoms with E-state index in [9.17, 15) is 9.59 Å². The summed E-state index contributed by atoms with van der Waals surface area (Å²) in [5.41, 5.74) is 3.12. The van der Waals surface area contributed by atoms with Crippen molar-refractivity contribution in [2.75, 3.05) is 49.8 Å². The lowest BCUT2D eigenvalue weighted by Gasteiger charge is -2.26. The van der Waals surface area contributed by atoms with Crippen LogP contribution in [-0.2, 0) is 11.3 Å². The van der Waals surface area contributed by atoms with Crippen LogP contribution in [0.5, 0.6) is 5.75 Å². The summed E-state index contributed by atoms with van der Waals surface area (Å²) in [4.78, 5) is 38.5. The topological polar surface area (TPSA) is 110 Å². The van der Waals surface area contributed by atoms with Gasteiger partial charge in [-0.2, -0.15) is 4.98 Å². The molecule has 0 aliphatic rings. The summed E-state index contributed by atoms with van der Waals surface area (Å²) in [6.45, 7) is 11.4. The largest absolute Gasteiger partial charge is 0.494 e. The first-order chi connectivity index (χ1) is 19.3. The van der Waals surface area contributed by atoms with Gasteiger partial charge in [-0.05, 0) is 51.5 Å². The molecule has 0 unspecified atom stereocenters. The summed E-state index contributed by atoms with van der Waals surface area (Å²) < 4.78 is 8.95. The molecule has 0 spiro atoms. The van der Waals surface area contributed by atoms with Gasteiger partial charge < -0.3 is 25.2 Å².